The standard InChI is InChI=1S/C16H17NO4/c1-4-21-16(20)14-10(2)9-11(3)17(14)13-7-5-12(6-8-13)15(18)19/h5-9H,4H2,1-3H3,(H,18,19). The lowest BCUT2D eigenvalue weighted by Crippen LogP contribution is -2.13. The van der Waals surface area contributed by atoms with Gasteiger partial charge in [-0.2, -0.15) is 0 Å². The molecule has 0 aliphatic rings. The van der Waals surface area contributed by atoms with Gasteiger partial charge in [0, 0.05) is 11.4 Å². The second-order valence-corrected chi connectivity index (χ2v) is 4.73. The molecule has 0 amide bonds. The molecular formula is C16H17NO4. The van der Waals surface area contributed by atoms with Crippen LogP contribution in [-0.4, -0.2) is 28.2 Å². The number of hydrogen-bond donors (Lipinski definition) is 1. The molecule has 0 radical (unpaired) electrons. The monoisotopic (exact) mass is 287 g/mol. The fourth-order valence-corrected chi connectivity index (χ4v) is 2.34. The van der Waals surface area contributed by atoms with E-state index in [0.717, 1.165) is 16.9 Å². The van der Waals surface area contributed by atoms with Gasteiger partial charge < -0.3 is 14.4 Å². The van der Waals surface area contributed by atoms with Gasteiger partial charge in [-0.3, -0.25) is 0 Å². The molecule has 1 heterocycles. The summed E-state index contributed by atoms with van der Waals surface area (Å²) in [7, 11) is 0. The van der Waals surface area contributed by atoms with Gasteiger partial charge in [0.25, 0.3) is 0 Å². The van der Waals surface area contributed by atoms with Crippen LogP contribution in [0.3, 0.4) is 0 Å². The molecule has 110 valence electrons. The van der Waals surface area contributed by atoms with E-state index in [0.29, 0.717) is 12.3 Å². The van der Waals surface area contributed by atoms with Crippen molar-refractivity contribution in [2.75, 3.05) is 6.61 Å². The molecule has 5 heteroatoms. The van der Waals surface area contributed by atoms with E-state index in [1.165, 1.54) is 12.1 Å². The van der Waals surface area contributed by atoms with Gasteiger partial charge in [0.05, 0.1) is 12.2 Å². The number of carbonyl (C=O) groups is 2. The first-order valence-electron chi connectivity index (χ1n) is 6.65. The second-order valence-electron chi connectivity index (χ2n) is 4.73. The number of ether oxygens (including phenoxy) is 1. The van der Waals surface area contributed by atoms with Gasteiger partial charge in [-0.25, -0.2) is 9.59 Å². The molecule has 2 aromatic rings. The number of aromatic carboxylic acids is 1. The van der Waals surface area contributed by atoms with Gasteiger partial charge >= 0.3 is 11.9 Å². The highest BCUT2D eigenvalue weighted by Gasteiger charge is 2.19. The maximum atomic E-state index is 12.1. The highest BCUT2D eigenvalue weighted by molar-refractivity contribution is 5.91. The summed E-state index contributed by atoms with van der Waals surface area (Å²) in [5, 5.41) is 8.94. The Bertz CT molecular complexity index is 683. The van der Waals surface area contributed by atoms with Crippen molar-refractivity contribution in [2.45, 2.75) is 20.8 Å². The zero-order valence-corrected chi connectivity index (χ0v) is 12.2. The maximum absolute atomic E-state index is 12.1. The number of benzene rings is 1. The zero-order chi connectivity index (χ0) is 15.6. The van der Waals surface area contributed by atoms with E-state index in [4.69, 9.17) is 9.84 Å². The molecule has 2 rings (SSSR count). The lowest BCUT2D eigenvalue weighted by atomic mass is 10.2. The van der Waals surface area contributed by atoms with Crippen LogP contribution in [0.15, 0.2) is 30.3 Å². The van der Waals surface area contributed by atoms with Gasteiger partial charge in [-0.15, -0.1) is 0 Å². The van der Waals surface area contributed by atoms with Gasteiger partial charge in [0.1, 0.15) is 5.69 Å². The molecule has 1 aromatic carbocycles. The molecular weight excluding hydrogens is 270 g/mol. The number of hydrogen-bond acceptors (Lipinski definition) is 3. The second kappa shape index (κ2) is 5.83. The molecule has 0 saturated heterocycles. The molecule has 0 saturated carbocycles. The smallest absolute Gasteiger partial charge is 0.355 e. The van der Waals surface area contributed by atoms with Crippen LogP contribution in [0.1, 0.15) is 39.0 Å². The highest BCUT2D eigenvalue weighted by Crippen LogP contribution is 2.22. The van der Waals surface area contributed by atoms with E-state index in [9.17, 15) is 9.59 Å². The average molecular weight is 287 g/mol. The van der Waals surface area contributed by atoms with Crippen LogP contribution >= 0.6 is 0 Å². The minimum absolute atomic E-state index is 0.206. The fraction of sp³-hybridized carbons (Fsp3) is 0.250. The Balaban J connectivity index is 2.52. The summed E-state index contributed by atoms with van der Waals surface area (Å²) in [6.45, 7) is 5.80. The Hall–Kier alpha value is -2.56. The number of carboxylic acids is 1. The number of aryl methyl sites for hydroxylation is 2. The molecule has 0 spiro atoms. The number of carboxylic acid groups (broad SMARTS) is 1. The molecule has 21 heavy (non-hydrogen) atoms. The summed E-state index contributed by atoms with van der Waals surface area (Å²) in [5.41, 5.74) is 3.12. The summed E-state index contributed by atoms with van der Waals surface area (Å²) in [4.78, 5) is 23.0. The molecule has 5 nitrogen and oxygen atoms in total. The highest BCUT2D eigenvalue weighted by atomic mass is 16.5. The SMILES string of the molecule is CCOC(=O)c1c(C)cc(C)n1-c1ccc(C(=O)O)cc1. The van der Waals surface area contributed by atoms with Crippen LogP contribution in [0.25, 0.3) is 5.69 Å². The van der Waals surface area contributed by atoms with Crippen molar-refractivity contribution in [1.29, 1.82) is 0 Å². The van der Waals surface area contributed by atoms with Crippen molar-refractivity contribution in [3.63, 3.8) is 0 Å². The van der Waals surface area contributed by atoms with E-state index in [2.05, 4.69) is 0 Å². The van der Waals surface area contributed by atoms with Crippen LogP contribution in [0.5, 0.6) is 0 Å². The third-order valence-corrected chi connectivity index (χ3v) is 3.22. The van der Waals surface area contributed by atoms with Gasteiger partial charge in [-0.1, -0.05) is 0 Å². The summed E-state index contributed by atoms with van der Waals surface area (Å²) in [5.74, 6) is -1.36. The van der Waals surface area contributed by atoms with Crippen LogP contribution < -0.4 is 0 Å². The van der Waals surface area contributed by atoms with E-state index in [1.54, 1.807) is 23.6 Å². The van der Waals surface area contributed by atoms with Crippen LogP contribution in [0.4, 0.5) is 0 Å². The number of nitrogens with zero attached hydrogens (tertiary/aromatic N) is 1. The van der Waals surface area contributed by atoms with E-state index in [-0.39, 0.29) is 11.5 Å². The molecule has 0 fully saturated rings. The summed E-state index contributed by atoms with van der Waals surface area (Å²) in [6.07, 6.45) is 0. The zero-order valence-electron chi connectivity index (χ0n) is 12.2. The predicted octanol–water partition coefficient (Wildman–Crippen LogP) is 2.97. The first-order valence-corrected chi connectivity index (χ1v) is 6.65. The fourth-order valence-electron chi connectivity index (χ4n) is 2.34. The third-order valence-electron chi connectivity index (χ3n) is 3.22. The summed E-state index contributed by atoms with van der Waals surface area (Å²) >= 11 is 0. The van der Waals surface area contributed by atoms with Crippen LogP contribution in [0, 0.1) is 13.8 Å². The number of carbonyl (C=O) groups excluding carboxylic acids is 1. The molecule has 1 N–H and O–H groups in total. The van der Waals surface area contributed by atoms with Crippen molar-refractivity contribution >= 4 is 11.9 Å². The normalized spacial score (nSPS) is 10.4. The Morgan fingerprint density at radius 2 is 1.81 bits per heavy atom. The largest absolute Gasteiger partial charge is 0.478 e. The number of aromatic nitrogens is 1. The quantitative estimate of drug-likeness (QED) is 0.878. The number of esters is 1. The van der Waals surface area contributed by atoms with Gasteiger partial charge in [0.15, 0.2) is 0 Å². The van der Waals surface area contributed by atoms with Crippen molar-refractivity contribution in [3.8, 4) is 5.69 Å². The van der Waals surface area contributed by atoms with Crippen LogP contribution in [-0.2, 0) is 4.74 Å². The molecule has 1 aromatic heterocycles. The third kappa shape index (κ3) is 2.81. The molecule has 0 atom stereocenters. The van der Waals surface area contributed by atoms with Gasteiger partial charge in [0.2, 0.25) is 0 Å². The first-order chi connectivity index (χ1) is 9.95. The molecule has 0 aliphatic heterocycles. The average Bonchev–Trinajstić information content (AvgIpc) is 2.73. The predicted molar refractivity (Wildman–Crippen MR) is 78.2 cm³/mol. The Labute approximate surface area is 122 Å². The first kappa shape index (κ1) is 14.8. The summed E-state index contributed by atoms with van der Waals surface area (Å²) < 4.78 is 6.87. The van der Waals surface area contributed by atoms with E-state index < -0.39 is 5.97 Å². The molecule has 0 bridgehead atoms. The van der Waals surface area contributed by atoms with E-state index >= 15 is 0 Å². The maximum Gasteiger partial charge on any atom is 0.355 e. The molecule has 0 aliphatic carbocycles. The summed E-state index contributed by atoms with van der Waals surface area (Å²) in [6, 6.07) is 8.29. The van der Waals surface area contributed by atoms with Crippen molar-refractivity contribution in [2.24, 2.45) is 0 Å². The minimum Gasteiger partial charge on any atom is -0.478 e. The lowest BCUT2D eigenvalue weighted by Gasteiger charge is -2.12. The van der Waals surface area contributed by atoms with Crippen molar-refractivity contribution in [3.05, 3.63) is 52.8 Å². The number of rotatable bonds is 4. The molecule has 0 unspecified atom stereocenters. The Morgan fingerprint density at radius 3 is 2.33 bits per heavy atom. The van der Waals surface area contributed by atoms with Gasteiger partial charge in [-0.05, 0) is 56.7 Å². The Kier molecular flexibility index (Phi) is 4.12. The van der Waals surface area contributed by atoms with Crippen molar-refractivity contribution in [1.82, 2.24) is 4.57 Å². The lowest BCUT2D eigenvalue weighted by molar-refractivity contribution is 0.0515. The van der Waals surface area contributed by atoms with E-state index in [1.807, 2.05) is 19.9 Å². The van der Waals surface area contributed by atoms with Crippen LogP contribution in [0.2, 0.25) is 0 Å². The minimum atomic E-state index is -0.979. The van der Waals surface area contributed by atoms with Crippen molar-refractivity contribution < 1.29 is 19.4 Å². The topological polar surface area (TPSA) is 68.5 Å². The Morgan fingerprint density at radius 1 is 1.19 bits per heavy atom.